The van der Waals surface area contributed by atoms with Crippen LogP contribution in [0.1, 0.15) is 16.2 Å². The number of carbonyl (C=O) groups excluding carboxylic acids is 1. The van der Waals surface area contributed by atoms with Crippen LogP contribution in [0.25, 0.3) is 0 Å². The molecule has 0 fully saturated rings. The first-order valence-electron chi connectivity index (χ1n) is 5.11. The number of nitrogens with zero attached hydrogens (tertiary/aromatic N) is 2. The van der Waals surface area contributed by atoms with Gasteiger partial charge in [0.25, 0.3) is 5.91 Å². The minimum absolute atomic E-state index is 0.290. The number of hydrogen-bond acceptors (Lipinski definition) is 3. The molecule has 6 heteroatoms. The number of anilines is 1. The summed E-state index contributed by atoms with van der Waals surface area (Å²) in [4.78, 5) is 19.7. The highest BCUT2D eigenvalue weighted by molar-refractivity contribution is 6.35. The molecule has 0 atom stereocenters. The Hall–Kier alpha value is -1.65. The van der Waals surface area contributed by atoms with Gasteiger partial charge in [0.1, 0.15) is 12.0 Å². The second kappa shape index (κ2) is 5.33. The summed E-state index contributed by atoms with van der Waals surface area (Å²) in [5.41, 5.74) is 1.53. The molecule has 0 radical (unpaired) electrons. The summed E-state index contributed by atoms with van der Waals surface area (Å²) in [6, 6.07) is 6.41. The van der Waals surface area contributed by atoms with Gasteiger partial charge in [-0.05, 0) is 31.2 Å². The van der Waals surface area contributed by atoms with E-state index >= 15 is 0 Å². The number of carbonyl (C=O) groups is 1. The number of nitrogens with one attached hydrogen (secondary N) is 1. The monoisotopic (exact) mass is 281 g/mol. The van der Waals surface area contributed by atoms with Crippen molar-refractivity contribution in [1.82, 2.24) is 9.97 Å². The fourth-order valence-corrected chi connectivity index (χ4v) is 1.93. The fourth-order valence-electron chi connectivity index (χ4n) is 1.40. The normalized spacial score (nSPS) is 10.2. The van der Waals surface area contributed by atoms with Gasteiger partial charge in [-0.1, -0.05) is 23.2 Å². The summed E-state index contributed by atoms with van der Waals surface area (Å²) < 4.78 is 0. The van der Waals surface area contributed by atoms with Crippen molar-refractivity contribution in [1.29, 1.82) is 0 Å². The SMILES string of the molecule is Cc1cc(C(=O)Nc2cc(Cl)cc(Cl)c2)ncn1. The van der Waals surface area contributed by atoms with Crippen molar-refractivity contribution in [3.05, 3.63) is 52.0 Å². The molecule has 2 rings (SSSR count). The van der Waals surface area contributed by atoms with Crippen LogP contribution < -0.4 is 5.32 Å². The van der Waals surface area contributed by atoms with Gasteiger partial charge in [-0.3, -0.25) is 4.79 Å². The Bertz CT molecular complexity index is 581. The average molecular weight is 282 g/mol. The fraction of sp³-hybridized carbons (Fsp3) is 0.0833. The quantitative estimate of drug-likeness (QED) is 0.919. The molecule has 1 heterocycles. The number of benzene rings is 1. The van der Waals surface area contributed by atoms with E-state index < -0.39 is 0 Å². The molecule has 1 aromatic carbocycles. The van der Waals surface area contributed by atoms with Crippen LogP contribution in [0.3, 0.4) is 0 Å². The predicted octanol–water partition coefficient (Wildman–Crippen LogP) is 3.34. The van der Waals surface area contributed by atoms with Gasteiger partial charge in [0.05, 0.1) is 0 Å². The number of aromatic nitrogens is 2. The highest BCUT2D eigenvalue weighted by Crippen LogP contribution is 2.22. The van der Waals surface area contributed by atoms with Gasteiger partial charge in [-0.25, -0.2) is 9.97 Å². The van der Waals surface area contributed by atoms with Crippen LogP contribution >= 0.6 is 23.2 Å². The zero-order valence-corrected chi connectivity index (χ0v) is 11.0. The van der Waals surface area contributed by atoms with Crippen LogP contribution in [-0.2, 0) is 0 Å². The second-order valence-electron chi connectivity index (χ2n) is 3.66. The number of halogens is 2. The van der Waals surface area contributed by atoms with Crippen LogP contribution in [-0.4, -0.2) is 15.9 Å². The summed E-state index contributed by atoms with van der Waals surface area (Å²) in [5.74, 6) is -0.334. The zero-order valence-electron chi connectivity index (χ0n) is 9.45. The number of aryl methyl sites for hydroxylation is 1. The molecule has 0 aliphatic rings. The number of hydrogen-bond donors (Lipinski definition) is 1. The van der Waals surface area contributed by atoms with Crippen LogP contribution in [0.15, 0.2) is 30.6 Å². The average Bonchev–Trinajstić information content (AvgIpc) is 2.27. The van der Waals surface area contributed by atoms with Crippen molar-refractivity contribution in [2.24, 2.45) is 0 Å². The lowest BCUT2D eigenvalue weighted by atomic mass is 10.3. The zero-order chi connectivity index (χ0) is 13.1. The Kier molecular flexibility index (Phi) is 3.79. The molecule has 4 nitrogen and oxygen atoms in total. The van der Waals surface area contributed by atoms with Crippen molar-refractivity contribution in [2.45, 2.75) is 6.92 Å². The topological polar surface area (TPSA) is 54.9 Å². The predicted molar refractivity (Wildman–Crippen MR) is 71.2 cm³/mol. The first-order valence-corrected chi connectivity index (χ1v) is 5.86. The van der Waals surface area contributed by atoms with Gasteiger partial charge in [-0.15, -0.1) is 0 Å². The molecule has 0 bridgehead atoms. The van der Waals surface area contributed by atoms with Gasteiger partial charge < -0.3 is 5.32 Å². The molecule has 0 saturated carbocycles. The van der Waals surface area contributed by atoms with Crippen molar-refractivity contribution in [2.75, 3.05) is 5.32 Å². The van der Waals surface area contributed by atoms with E-state index in [4.69, 9.17) is 23.2 Å². The Morgan fingerprint density at radius 1 is 1.11 bits per heavy atom. The van der Waals surface area contributed by atoms with E-state index in [-0.39, 0.29) is 5.91 Å². The summed E-state index contributed by atoms with van der Waals surface area (Å²) in [6.07, 6.45) is 1.34. The molecular formula is C12H9Cl2N3O. The molecule has 0 unspecified atom stereocenters. The maximum absolute atomic E-state index is 11.9. The summed E-state index contributed by atoms with van der Waals surface area (Å²) in [5, 5.41) is 3.58. The summed E-state index contributed by atoms with van der Waals surface area (Å²) >= 11 is 11.7. The van der Waals surface area contributed by atoms with Gasteiger partial charge in [0.15, 0.2) is 0 Å². The molecule has 0 aliphatic heterocycles. The Balaban J connectivity index is 2.21. The second-order valence-corrected chi connectivity index (χ2v) is 4.53. The Morgan fingerprint density at radius 3 is 2.39 bits per heavy atom. The summed E-state index contributed by atoms with van der Waals surface area (Å²) in [6.45, 7) is 1.79. The van der Waals surface area contributed by atoms with Crippen molar-refractivity contribution >= 4 is 34.8 Å². The molecule has 18 heavy (non-hydrogen) atoms. The van der Waals surface area contributed by atoms with Gasteiger partial charge >= 0.3 is 0 Å². The van der Waals surface area contributed by atoms with Crippen molar-refractivity contribution in [3.63, 3.8) is 0 Å². The van der Waals surface area contributed by atoms with E-state index in [1.807, 2.05) is 0 Å². The maximum atomic E-state index is 11.9. The molecule has 2 aromatic rings. The third-order valence-corrected chi connectivity index (χ3v) is 2.59. The number of rotatable bonds is 2. The lowest BCUT2D eigenvalue weighted by Crippen LogP contribution is -2.14. The Morgan fingerprint density at radius 2 is 1.78 bits per heavy atom. The molecule has 92 valence electrons. The van der Waals surface area contributed by atoms with E-state index in [1.165, 1.54) is 6.33 Å². The minimum Gasteiger partial charge on any atom is -0.321 e. The largest absolute Gasteiger partial charge is 0.321 e. The molecule has 1 aromatic heterocycles. The molecule has 0 saturated heterocycles. The van der Waals surface area contributed by atoms with Crippen LogP contribution in [0.5, 0.6) is 0 Å². The van der Waals surface area contributed by atoms with E-state index in [0.29, 0.717) is 21.4 Å². The van der Waals surface area contributed by atoms with Crippen molar-refractivity contribution in [3.8, 4) is 0 Å². The highest BCUT2D eigenvalue weighted by atomic mass is 35.5. The number of amides is 1. The van der Waals surface area contributed by atoms with E-state index in [0.717, 1.165) is 5.69 Å². The minimum atomic E-state index is -0.334. The van der Waals surface area contributed by atoms with Crippen LogP contribution in [0.2, 0.25) is 10.0 Å². The molecule has 1 N–H and O–H groups in total. The van der Waals surface area contributed by atoms with Crippen LogP contribution in [0.4, 0.5) is 5.69 Å². The third-order valence-electron chi connectivity index (χ3n) is 2.16. The highest BCUT2D eigenvalue weighted by Gasteiger charge is 2.09. The maximum Gasteiger partial charge on any atom is 0.274 e. The first kappa shape index (κ1) is 12.8. The van der Waals surface area contributed by atoms with Crippen LogP contribution in [0, 0.1) is 6.92 Å². The standard InChI is InChI=1S/C12H9Cl2N3O/c1-7-2-11(16-6-15-7)12(18)17-10-4-8(13)3-9(14)5-10/h2-6H,1H3,(H,17,18). The first-order chi connectivity index (χ1) is 8.54. The lowest BCUT2D eigenvalue weighted by Gasteiger charge is -2.06. The third kappa shape index (κ3) is 3.18. The van der Waals surface area contributed by atoms with Crippen molar-refractivity contribution < 1.29 is 4.79 Å². The lowest BCUT2D eigenvalue weighted by molar-refractivity contribution is 0.102. The van der Waals surface area contributed by atoms with E-state index in [2.05, 4.69) is 15.3 Å². The molecule has 0 aliphatic carbocycles. The molecular weight excluding hydrogens is 273 g/mol. The van der Waals surface area contributed by atoms with Gasteiger partial charge in [-0.2, -0.15) is 0 Å². The Labute approximate surface area is 114 Å². The van der Waals surface area contributed by atoms with Gasteiger partial charge in [0, 0.05) is 21.4 Å². The smallest absolute Gasteiger partial charge is 0.274 e. The summed E-state index contributed by atoms with van der Waals surface area (Å²) in [7, 11) is 0. The van der Waals surface area contributed by atoms with E-state index in [9.17, 15) is 4.79 Å². The van der Waals surface area contributed by atoms with E-state index in [1.54, 1.807) is 31.2 Å². The molecule has 1 amide bonds. The molecule has 0 spiro atoms. The van der Waals surface area contributed by atoms with Gasteiger partial charge in [0.2, 0.25) is 0 Å².